The highest BCUT2D eigenvalue weighted by atomic mass is 15.3. The Bertz CT molecular complexity index is 404. The molecule has 0 amide bonds. The molecule has 0 radical (unpaired) electrons. The number of nitrogens with zero attached hydrogens (tertiary/aromatic N) is 2. The fraction of sp³-hybridized carbons (Fsp3) is 0.643. The Morgan fingerprint density at radius 1 is 1.47 bits per heavy atom. The van der Waals surface area contributed by atoms with Crippen molar-refractivity contribution in [1.29, 1.82) is 0 Å². The molecule has 3 unspecified atom stereocenters. The van der Waals surface area contributed by atoms with Crippen molar-refractivity contribution in [2.24, 2.45) is 11.8 Å². The summed E-state index contributed by atoms with van der Waals surface area (Å²) in [6, 6.07) is 4.86. The zero-order valence-electron chi connectivity index (χ0n) is 10.7. The second-order valence-electron chi connectivity index (χ2n) is 5.35. The fourth-order valence-corrected chi connectivity index (χ4v) is 3.57. The van der Waals surface area contributed by atoms with Crippen LogP contribution in [0.5, 0.6) is 0 Å². The van der Waals surface area contributed by atoms with E-state index in [1.165, 1.54) is 37.4 Å². The van der Waals surface area contributed by atoms with E-state index in [0.29, 0.717) is 6.04 Å². The largest absolute Gasteiger partial charge is 0.353 e. The molecule has 92 valence electrons. The van der Waals surface area contributed by atoms with Crippen LogP contribution in [-0.2, 0) is 0 Å². The first-order valence-electron chi connectivity index (χ1n) is 6.70. The average Bonchev–Trinajstić information content (AvgIpc) is 2.89. The van der Waals surface area contributed by atoms with Gasteiger partial charge in [0.1, 0.15) is 5.82 Å². The second-order valence-corrected chi connectivity index (χ2v) is 5.35. The van der Waals surface area contributed by atoms with Crippen molar-refractivity contribution in [1.82, 2.24) is 10.3 Å². The molecule has 3 heterocycles. The van der Waals surface area contributed by atoms with Crippen LogP contribution in [0.3, 0.4) is 0 Å². The highest BCUT2D eigenvalue weighted by Crippen LogP contribution is 2.37. The van der Waals surface area contributed by atoms with Crippen molar-refractivity contribution >= 4 is 5.82 Å². The summed E-state index contributed by atoms with van der Waals surface area (Å²) in [5.74, 6) is 2.84. The molecule has 2 saturated heterocycles. The first kappa shape index (κ1) is 11.0. The van der Waals surface area contributed by atoms with Gasteiger partial charge in [0, 0.05) is 31.9 Å². The third kappa shape index (κ3) is 1.73. The Morgan fingerprint density at radius 2 is 2.35 bits per heavy atom. The summed E-state index contributed by atoms with van der Waals surface area (Å²) in [6.07, 6.45) is 3.14. The molecule has 3 nitrogen and oxygen atoms in total. The van der Waals surface area contributed by atoms with E-state index in [-0.39, 0.29) is 0 Å². The number of nitrogens with one attached hydrogen (secondary N) is 1. The van der Waals surface area contributed by atoms with Crippen LogP contribution in [0.4, 0.5) is 5.82 Å². The molecule has 2 fully saturated rings. The smallest absolute Gasteiger partial charge is 0.131 e. The Hall–Kier alpha value is -1.09. The van der Waals surface area contributed by atoms with Gasteiger partial charge in [0.2, 0.25) is 0 Å². The predicted molar refractivity (Wildman–Crippen MR) is 70.2 cm³/mol. The van der Waals surface area contributed by atoms with E-state index in [4.69, 9.17) is 0 Å². The number of pyridine rings is 1. The molecule has 3 heteroatoms. The molecule has 3 rings (SSSR count). The zero-order chi connectivity index (χ0) is 11.8. The second kappa shape index (κ2) is 4.30. The van der Waals surface area contributed by atoms with E-state index in [1.54, 1.807) is 0 Å². The molecule has 2 aliphatic heterocycles. The Balaban J connectivity index is 1.91. The molecule has 0 bridgehead atoms. The van der Waals surface area contributed by atoms with Gasteiger partial charge in [-0.1, -0.05) is 13.0 Å². The zero-order valence-corrected chi connectivity index (χ0v) is 10.7. The van der Waals surface area contributed by atoms with Gasteiger partial charge in [-0.05, 0) is 36.8 Å². The molecule has 0 spiro atoms. The van der Waals surface area contributed by atoms with Crippen molar-refractivity contribution in [3.63, 3.8) is 0 Å². The highest BCUT2D eigenvalue weighted by molar-refractivity contribution is 5.48. The minimum atomic E-state index is 0.670. The molecule has 1 aromatic heterocycles. The molecule has 0 aliphatic carbocycles. The van der Waals surface area contributed by atoms with Gasteiger partial charge in [-0.2, -0.15) is 0 Å². The Kier molecular flexibility index (Phi) is 2.79. The van der Waals surface area contributed by atoms with Gasteiger partial charge < -0.3 is 10.2 Å². The molecule has 3 atom stereocenters. The lowest BCUT2D eigenvalue weighted by atomic mass is 9.93. The van der Waals surface area contributed by atoms with Gasteiger partial charge in [-0.3, -0.25) is 0 Å². The number of aryl methyl sites for hydroxylation is 1. The number of hydrogen-bond acceptors (Lipinski definition) is 3. The third-order valence-corrected chi connectivity index (χ3v) is 4.39. The molecular formula is C14H21N3. The van der Waals surface area contributed by atoms with Gasteiger partial charge in [0.15, 0.2) is 0 Å². The van der Waals surface area contributed by atoms with Crippen molar-refractivity contribution in [3.05, 3.63) is 23.9 Å². The van der Waals surface area contributed by atoms with Crippen LogP contribution in [-0.4, -0.2) is 30.7 Å². The van der Waals surface area contributed by atoms with Crippen LogP contribution in [0.2, 0.25) is 0 Å². The lowest BCUT2D eigenvalue weighted by molar-refractivity contribution is 0.441. The molecule has 2 aliphatic rings. The van der Waals surface area contributed by atoms with Gasteiger partial charge >= 0.3 is 0 Å². The first-order chi connectivity index (χ1) is 8.31. The number of aromatic nitrogens is 1. The Labute approximate surface area is 103 Å². The molecule has 0 aromatic carbocycles. The third-order valence-electron chi connectivity index (χ3n) is 4.39. The number of hydrogen-bond donors (Lipinski definition) is 1. The lowest BCUT2D eigenvalue weighted by Crippen LogP contribution is -2.36. The fourth-order valence-electron chi connectivity index (χ4n) is 3.57. The first-order valence-corrected chi connectivity index (χ1v) is 6.70. The van der Waals surface area contributed by atoms with E-state index in [9.17, 15) is 0 Å². The Morgan fingerprint density at radius 3 is 3.12 bits per heavy atom. The molecule has 1 N–H and O–H groups in total. The topological polar surface area (TPSA) is 28.2 Å². The van der Waals surface area contributed by atoms with E-state index in [2.05, 4.69) is 35.1 Å². The van der Waals surface area contributed by atoms with Gasteiger partial charge in [0.25, 0.3) is 0 Å². The maximum Gasteiger partial charge on any atom is 0.131 e. The number of rotatable bonds is 2. The highest BCUT2D eigenvalue weighted by Gasteiger charge is 2.43. The summed E-state index contributed by atoms with van der Waals surface area (Å²) < 4.78 is 0. The predicted octanol–water partition coefficient (Wildman–Crippen LogP) is 1.82. The minimum Gasteiger partial charge on any atom is -0.353 e. The summed E-state index contributed by atoms with van der Waals surface area (Å²) in [6.45, 7) is 8.02. The van der Waals surface area contributed by atoms with E-state index < -0.39 is 0 Å². The molecule has 1 aromatic rings. The quantitative estimate of drug-likeness (QED) is 0.841. The maximum absolute atomic E-state index is 4.59. The van der Waals surface area contributed by atoms with Gasteiger partial charge in [0.05, 0.1) is 0 Å². The van der Waals surface area contributed by atoms with E-state index >= 15 is 0 Å². The van der Waals surface area contributed by atoms with Crippen molar-refractivity contribution in [2.75, 3.05) is 24.5 Å². The van der Waals surface area contributed by atoms with Crippen LogP contribution in [0.15, 0.2) is 18.3 Å². The summed E-state index contributed by atoms with van der Waals surface area (Å²) >= 11 is 0. The molecular weight excluding hydrogens is 210 g/mol. The van der Waals surface area contributed by atoms with Crippen molar-refractivity contribution < 1.29 is 0 Å². The average molecular weight is 231 g/mol. The van der Waals surface area contributed by atoms with Crippen molar-refractivity contribution in [2.45, 2.75) is 26.3 Å². The van der Waals surface area contributed by atoms with Gasteiger partial charge in [-0.25, -0.2) is 4.98 Å². The summed E-state index contributed by atoms with van der Waals surface area (Å²) in [5, 5.41) is 3.53. The molecule has 0 saturated carbocycles. The van der Waals surface area contributed by atoms with E-state index in [0.717, 1.165) is 11.8 Å². The van der Waals surface area contributed by atoms with Crippen LogP contribution < -0.4 is 10.2 Å². The van der Waals surface area contributed by atoms with E-state index in [1.807, 2.05) is 12.3 Å². The summed E-state index contributed by atoms with van der Waals surface area (Å²) in [7, 11) is 0. The van der Waals surface area contributed by atoms with Crippen LogP contribution in [0.1, 0.15) is 18.9 Å². The molecule has 17 heavy (non-hydrogen) atoms. The van der Waals surface area contributed by atoms with Crippen LogP contribution in [0, 0.1) is 18.8 Å². The summed E-state index contributed by atoms with van der Waals surface area (Å²) in [5.41, 5.74) is 1.30. The van der Waals surface area contributed by atoms with Crippen LogP contribution >= 0.6 is 0 Å². The minimum absolute atomic E-state index is 0.670. The van der Waals surface area contributed by atoms with Crippen LogP contribution in [0.25, 0.3) is 0 Å². The number of fused-ring (bicyclic) bond motifs is 1. The van der Waals surface area contributed by atoms with Gasteiger partial charge in [-0.15, -0.1) is 0 Å². The monoisotopic (exact) mass is 231 g/mol. The van der Waals surface area contributed by atoms with Crippen molar-refractivity contribution in [3.8, 4) is 0 Å². The lowest BCUT2D eigenvalue weighted by Gasteiger charge is -2.29. The SMILES string of the molecule is CCC1C2CNCC2CN1c1ncccc1C. The normalized spacial score (nSPS) is 31.9. The summed E-state index contributed by atoms with van der Waals surface area (Å²) in [4.78, 5) is 7.14. The number of anilines is 1. The standard InChI is InChI=1S/C14H21N3/c1-3-13-12-8-15-7-11(12)9-17(13)14-10(2)5-4-6-16-14/h4-6,11-13,15H,3,7-9H2,1-2H3. The maximum atomic E-state index is 4.59.